The summed E-state index contributed by atoms with van der Waals surface area (Å²) in [5.74, 6) is -2.76. The Morgan fingerprint density at radius 3 is 1.39 bits per heavy atom. The second-order valence-corrected chi connectivity index (χ2v) is 15.8. The number of aliphatic hydroxyl groups excluding tert-OH is 1. The average molecular weight is 768 g/mol. The predicted molar refractivity (Wildman–Crippen MR) is 221 cm³/mol. The molecule has 54 heavy (non-hydrogen) atoms. The van der Waals surface area contributed by atoms with Crippen molar-refractivity contribution < 1.29 is 34.1 Å². The van der Waals surface area contributed by atoms with Gasteiger partial charge in [0.2, 0.25) is 11.8 Å². The van der Waals surface area contributed by atoms with E-state index in [0.717, 1.165) is 38.5 Å². The van der Waals surface area contributed by atoms with Crippen molar-refractivity contribution in [1.82, 2.24) is 10.6 Å². The van der Waals surface area contributed by atoms with Crippen LogP contribution in [0, 0.1) is 0 Å². The first-order valence-corrected chi connectivity index (χ1v) is 22.6. The van der Waals surface area contributed by atoms with Gasteiger partial charge in [0.15, 0.2) is 6.04 Å². The van der Waals surface area contributed by atoms with Crippen molar-refractivity contribution in [2.45, 2.75) is 251 Å². The van der Waals surface area contributed by atoms with Crippen LogP contribution in [0.1, 0.15) is 226 Å². The van der Waals surface area contributed by atoms with E-state index in [-0.39, 0.29) is 18.8 Å². The Labute approximate surface area is 330 Å². The van der Waals surface area contributed by atoms with E-state index in [1.807, 2.05) is 0 Å². The maximum absolute atomic E-state index is 13.3. The molecule has 0 saturated carbocycles. The molecule has 4 atom stereocenters. The first kappa shape index (κ1) is 51.8. The van der Waals surface area contributed by atoms with E-state index in [9.17, 15) is 29.4 Å². The summed E-state index contributed by atoms with van der Waals surface area (Å²) in [4.78, 5) is 50.8. The Balaban J connectivity index is 4.90. The quantitative estimate of drug-likeness (QED) is 0.0303. The molecule has 0 bridgehead atoms. The molecule has 0 aliphatic carbocycles. The molecule has 6 N–H and O–H groups in total. The number of carbonyl (C=O) groups is 4. The number of aliphatic hydroxyl groups is 1. The molecule has 2 unspecified atom stereocenters. The standard InChI is InChI=1S/C44H85N3O7/c1-4-6-8-10-12-14-16-18-20-22-24-26-28-32-38(54-41(50)34-29-27-25-23-21-19-17-15-13-11-9-7-5-2)36-40(49)46-39(33-30-31-35-45)43(51)47-42(37(3)48)44(52)53/h37-39,42,48H,4-36,45H2,1-3H3,(H,46,49)(H,47,51)(H,52,53)/t37?,38?,39-,42-/m0/s1. The van der Waals surface area contributed by atoms with E-state index < -0.39 is 42.1 Å². The van der Waals surface area contributed by atoms with Crippen LogP contribution in [-0.2, 0) is 23.9 Å². The van der Waals surface area contributed by atoms with Gasteiger partial charge in [-0.2, -0.15) is 0 Å². The molecule has 0 saturated heterocycles. The SMILES string of the molecule is CCCCCCCCCCCCCCCC(=O)OC(CCCCCCCCCCCCCCC)CC(=O)N[C@@H](CCCCN)C(=O)N[C@H](C(=O)O)C(C)O. The highest BCUT2D eigenvalue weighted by Gasteiger charge is 2.30. The summed E-state index contributed by atoms with van der Waals surface area (Å²) >= 11 is 0. The Bertz CT molecular complexity index is 917. The molecular formula is C44H85N3O7. The van der Waals surface area contributed by atoms with Crippen molar-refractivity contribution in [3.05, 3.63) is 0 Å². The fraction of sp³-hybridized carbons (Fsp3) is 0.909. The number of esters is 1. The summed E-state index contributed by atoms with van der Waals surface area (Å²) in [6.07, 6.45) is 32.3. The largest absolute Gasteiger partial charge is 0.480 e. The Morgan fingerprint density at radius 2 is 0.981 bits per heavy atom. The number of rotatable bonds is 40. The Kier molecular flexibility index (Phi) is 36.2. The lowest BCUT2D eigenvalue weighted by atomic mass is 10.0. The molecule has 10 nitrogen and oxygen atoms in total. The molecular weight excluding hydrogens is 682 g/mol. The second-order valence-electron chi connectivity index (χ2n) is 15.8. The average Bonchev–Trinajstić information content (AvgIpc) is 3.13. The number of aliphatic carboxylic acids is 1. The summed E-state index contributed by atoms with van der Waals surface area (Å²) in [6, 6.07) is -2.50. The monoisotopic (exact) mass is 768 g/mol. The first-order chi connectivity index (χ1) is 26.2. The van der Waals surface area contributed by atoms with Gasteiger partial charge in [0, 0.05) is 6.42 Å². The molecule has 0 rings (SSSR count). The molecule has 0 spiro atoms. The third kappa shape index (κ3) is 32.1. The van der Waals surface area contributed by atoms with E-state index in [1.165, 1.54) is 135 Å². The summed E-state index contributed by atoms with van der Waals surface area (Å²) < 4.78 is 5.88. The molecule has 0 aliphatic heterocycles. The van der Waals surface area contributed by atoms with Gasteiger partial charge in [0.05, 0.1) is 12.5 Å². The molecule has 0 radical (unpaired) electrons. The molecule has 10 heteroatoms. The fourth-order valence-corrected chi connectivity index (χ4v) is 6.99. The van der Waals surface area contributed by atoms with E-state index in [2.05, 4.69) is 24.5 Å². The Morgan fingerprint density at radius 1 is 0.574 bits per heavy atom. The van der Waals surface area contributed by atoms with E-state index in [4.69, 9.17) is 10.5 Å². The lowest BCUT2D eigenvalue weighted by molar-refractivity contribution is -0.151. The maximum Gasteiger partial charge on any atom is 0.328 e. The van der Waals surface area contributed by atoms with Crippen molar-refractivity contribution in [2.24, 2.45) is 5.73 Å². The number of carboxylic acid groups (broad SMARTS) is 1. The van der Waals surface area contributed by atoms with Crippen LogP contribution in [0.3, 0.4) is 0 Å². The number of carbonyl (C=O) groups excluding carboxylic acids is 3. The van der Waals surface area contributed by atoms with Gasteiger partial charge in [0.25, 0.3) is 0 Å². The van der Waals surface area contributed by atoms with E-state index in [1.54, 1.807) is 0 Å². The maximum atomic E-state index is 13.3. The zero-order valence-corrected chi connectivity index (χ0v) is 35.2. The van der Waals surface area contributed by atoms with Gasteiger partial charge in [-0.15, -0.1) is 0 Å². The first-order valence-electron chi connectivity index (χ1n) is 22.6. The molecule has 2 amide bonds. The highest BCUT2D eigenvalue weighted by Crippen LogP contribution is 2.18. The van der Waals surface area contributed by atoms with Gasteiger partial charge in [-0.1, -0.05) is 168 Å². The minimum absolute atomic E-state index is 0.0674. The van der Waals surface area contributed by atoms with Crippen molar-refractivity contribution >= 4 is 23.8 Å². The zero-order chi connectivity index (χ0) is 40.1. The minimum Gasteiger partial charge on any atom is -0.480 e. The second kappa shape index (κ2) is 37.7. The fourth-order valence-electron chi connectivity index (χ4n) is 6.99. The van der Waals surface area contributed by atoms with Crippen molar-refractivity contribution in [3.8, 4) is 0 Å². The molecule has 0 aliphatic rings. The van der Waals surface area contributed by atoms with Crippen LogP contribution >= 0.6 is 0 Å². The molecule has 0 aromatic carbocycles. The number of nitrogens with one attached hydrogen (secondary N) is 2. The number of hydrogen-bond donors (Lipinski definition) is 5. The summed E-state index contributed by atoms with van der Waals surface area (Å²) in [7, 11) is 0. The van der Waals surface area contributed by atoms with Crippen LogP contribution in [-0.4, -0.2) is 64.8 Å². The smallest absolute Gasteiger partial charge is 0.328 e. The van der Waals surface area contributed by atoms with Gasteiger partial charge < -0.3 is 31.3 Å². The van der Waals surface area contributed by atoms with Gasteiger partial charge in [-0.05, 0) is 52.0 Å². The summed E-state index contributed by atoms with van der Waals surface area (Å²) in [5, 5.41) is 24.4. The number of hydrogen-bond acceptors (Lipinski definition) is 7. The molecule has 0 aromatic rings. The van der Waals surface area contributed by atoms with E-state index in [0.29, 0.717) is 32.2 Å². The highest BCUT2D eigenvalue weighted by atomic mass is 16.5. The third-order valence-electron chi connectivity index (χ3n) is 10.5. The third-order valence-corrected chi connectivity index (χ3v) is 10.5. The number of ether oxygens (including phenoxy) is 1. The van der Waals surface area contributed by atoms with Gasteiger partial charge >= 0.3 is 11.9 Å². The number of amides is 2. The molecule has 0 aromatic heterocycles. The van der Waals surface area contributed by atoms with Gasteiger partial charge in [0.1, 0.15) is 12.1 Å². The lowest BCUT2D eigenvalue weighted by Gasteiger charge is -2.24. The van der Waals surface area contributed by atoms with Gasteiger partial charge in [-0.25, -0.2) is 4.79 Å². The van der Waals surface area contributed by atoms with Crippen LogP contribution in [0.2, 0.25) is 0 Å². The summed E-state index contributed by atoms with van der Waals surface area (Å²) in [5.41, 5.74) is 5.64. The molecule has 318 valence electrons. The molecule has 0 heterocycles. The molecule has 0 fully saturated rings. The van der Waals surface area contributed by atoms with Gasteiger partial charge in [-0.3, -0.25) is 14.4 Å². The summed E-state index contributed by atoms with van der Waals surface area (Å²) in [6.45, 7) is 6.21. The predicted octanol–water partition coefficient (Wildman–Crippen LogP) is 9.81. The number of carboxylic acids is 1. The Hall–Kier alpha value is -2.20. The van der Waals surface area contributed by atoms with E-state index >= 15 is 0 Å². The van der Waals surface area contributed by atoms with Crippen LogP contribution in [0.15, 0.2) is 0 Å². The topological polar surface area (TPSA) is 168 Å². The highest BCUT2D eigenvalue weighted by molar-refractivity contribution is 5.90. The van der Waals surface area contributed by atoms with Crippen molar-refractivity contribution in [3.63, 3.8) is 0 Å². The van der Waals surface area contributed by atoms with Crippen LogP contribution < -0.4 is 16.4 Å². The normalized spacial score (nSPS) is 13.6. The van der Waals surface area contributed by atoms with Crippen molar-refractivity contribution in [2.75, 3.05) is 6.54 Å². The lowest BCUT2D eigenvalue weighted by Crippen LogP contribution is -2.55. The zero-order valence-electron chi connectivity index (χ0n) is 35.2. The van der Waals surface area contributed by atoms with Crippen LogP contribution in [0.5, 0.6) is 0 Å². The number of unbranched alkanes of at least 4 members (excludes halogenated alkanes) is 25. The van der Waals surface area contributed by atoms with Crippen LogP contribution in [0.25, 0.3) is 0 Å². The van der Waals surface area contributed by atoms with Crippen LogP contribution in [0.4, 0.5) is 0 Å². The van der Waals surface area contributed by atoms with Crippen molar-refractivity contribution in [1.29, 1.82) is 0 Å². The minimum atomic E-state index is -1.50. The number of nitrogens with two attached hydrogens (primary N) is 1.